The van der Waals surface area contributed by atoms with Crippen LogP contribution in [0.3, 0.4) is 0 Å². The van der Waals surface area contributed by atoms with E-state index in [0.29, 0.717) is 0 Å². The topological polar surface area (TPSA) is 336 Å². The number of fused-ring (bicyclic) bond motifs is 1. The predicted octanol–water partition coefficient (Wildman–Crippen LogP) is -1.04. The van der Waals surface area contributed by atoms with Crippen molar-refractivity contribution in [1.82, 2.24) is 0 Å². The van der Waals surface area contributed by atoms with Gasteiger partial charge in [-0.25, -0.2) is 4.79 Å². The number of aliphatic hydroxyl groups is 6. The van der Waals surface area contributed by atoms with E-state index in [1.165, 1.54) is 12.1 Å². The van der Waals surface area contributed by atoms with Crippen LogP contribution in [-0.2, 0) is 23.7 Å². The van der Waals surface area contributed by atoms with Gasteiger partial charge in [0.2, 0.25) is 17.5 Å². The molecule has 5 unspecified atom stereocenters. The molecule has 0 radical (unpaired) electrons. The molecule has 2 aliphatic heterocycles. The van der Waals surface area contributed by atoms with Gasteiger partial charge in [-0.2, -0.15) is 0 Å². The molecule has 2 saturated heterocycles. The van der Waals surface area contributed by atoms with Crippen molar-refractivity contribution in [3.63, 3.8) is 0 Å². The molecular weight excluding hydrogens is 752 g/mol. The lowest BCUT2D eigenvalue weighted by atomic mass is 9.97. The molecule has 6 rings (SSSR count). The van der Waals surface area contributed by atoms with Crippen LogP contribution in [0.1, 0.15) is 5.56 Å². The first-order valence-corrected chi connectivity index (χ1v) is 16.6. The molecule has 56 heavy (non-hydrogen) atoms. The van der Waals surface area contributed by atoms with Crippen molar-refractivity contribution in [2.45, 2.75) is 61.4 Å². The lowest BCUT2D eigenvalue weighted by Crippen LogP contribution is -2.65. The molecule has 20 nitrogen and oxygen atoms in total. The molecule has 3 heterocycles. The molecule has 3 aromatic carbocycles. The lowest BCUT2D eigenvalue weighted by molar-refractivity contribution is -0.358. The van der Waals surface area contributed by atoms with Crippen molar-refractivity contribution < 1.29 is 94.2 Å². The number of carbonyl (C=O) groups excluding carboxylic acids is 1. The van der Waals surface area contributed by atoms with E-state index in [9.17, 15) is 70.9 Å². The second-order valence-corrected chi connectivity index (χ2v) is 12.7. The molecule has 300 valence electrons. The van der Waals surface area contributed by atoms with Crippen molar-refractivity contribution >= 4 is 23.0 Å². The minimum absolute atomic E-state index is 0.120. The SMILES string of the molecule is O=C(/C=C/c1ccc(O)c(O)c1)OC1C(O)[C@@H](O)C(CO)O[C@H]1OC1[C@H](Oc2c(-c3ccc(O)c(O)c3)oc3cc(O)cc(O)c3c2=O)OC(CO)[C@@H](O)[C@@H]1O. The molecule has 0 spiro atoms. The van der Waals surface area contributed by atoms with Gasteiger partial charge >= 0.3 is 5.97 Å². The van der Waals surface area contributed by atoms with Gasteiger partial charge in [-0.15, -0.1) is 0 Å². The van der Waals surface area contributed by atoms with E-state index in [1.807, 2.05) is 0 Å². The highest BCUT2D eigenvalue weighted by atomic mass is 16.8. The lowest BCUT2D eigenvalue weighted by Gasteiger charge is -2.46. The molecule has 2 fully saturated rings. The van der Waals surface area contributed by atoms with Gasteiger partial charge in [-0.05, 0) is 42.0 Å². The number of aromatic hydroxyl groups is 6. The summed E-state index contributed by atoms with van der Waals surface area (Å²) in [5.74, 6) is -5.91. The Balaban J connectivity index is 1.38. The first-order valence-electron chi connectivity index (χ1n) is 16.6. The Morgan fingerprint density at radius 1 is 0.696 bits per heavy atom. The van der Waals surface area contributed by atoms with Gasteiger partial charge in [0.25, 0.3) is 0 Å². The number of esters is 1. The van der Waals surface area contributed by atoms with E-state index in [0.717, 1.165) is 48.6 Å². The standard InChI is InChI=1S/C36H36O20/c37-11-22-26(46)29(49)33(54-24(45)6-2-13-1-4-16(40)18(42)7-13)35(52-22)56-34-30(50)27(47)23(12-38)53-36(34)55-32-28(48)25-20(44)9-15(39)10-21(25)51-31(32)14-3-5-17(41)19(43)8-14/h1-10,22-23,26-27,29-30,33-44,46-47,49-50H,11-12H2/b6-2+/t22?,23?,26-,27+,29?,30-,33?,34?,35-,36-/m0/s1. The maximum absolute atomic E-state index is 14.0. The van der Waals surface area contributed by atoms with Crippen LogP contribution in [0.5, 0.6) is 40.2 Å². The Morgan fingerprint density at radius 3 is 1.93 bits per heavy atom. The van der Waals surface area contributed by atoms with E-state index in [2.05, 4.69) is 0 Å². The summed E-state index contributed by atoms with van der Waals surface area (Å²) in [7, 11) is 0. The summed E-state index contributed by atoms with van der Waals surface area (Å²) < 4.78 is 34.3. The smallest absolute Gasteiger partial charge is 0.331 e. The van der Waals surface area contributed by atoms with Crippen LogP contribution >= 0.6 is 0 Å². The summed E-state index contributed by atoms with van der Waals surface area (Å²) >= 11 is 0. The molecular formula is C36H36O20. The van der Waals surface area contributed by atoms with E-state index in [-0.39, 0.29) is 16.7 Å². The average Bonchev–Trinajstić information content (AvgIpc) is 3.16. The average molecular weight is 789 g/mol. The molecule has 10 atom stereocenters. The number of ether oxygens (including phenoxy) is 5. The molecule has 4 aromatic rings. The predicted molar refractivity (Wildman–Crippen MR) is 184 cm³/mol. The zero-order valence-electron chi connectivity index (χ0n) is 28.6. The number of aliphatic hydroxyl groups excluding tert-OH is 6. The third-order valence-corrected chi connectivity index (χ3v) is 8.99. The number of hydrogen-bond donors (Lipinski definition) is 12. The molecule has 0 saturated carbocycles. The number of phenols is 6. The summed E-state index contributed by atoms with van der Waals surface area (Å²) in [6.45, 7) is -1.85. The zero-order valence-corrected chi connectivity index (χ0v) is 28.6. The Hall–Kier alpha value is -5.68. The first kappa shape index (κ1) is 40.0. The van der Waals surface area contributed by atoms with E-state index in [4.69, 9.17) is 28.1 Å². The molecule has 2 aliphatic rings. The molecule has 12 N–H and O–H groups in total. The Morgan fingerprint density at radius 2 is 1.30 bits per heavy atom. The fourth-order valence-corrected chi connectivity index (χ4v) is 6.07. The maximum atomic E-state index is 14.0. The van der Waals surface area contributed by atoms with Gasteiger partial charge in [-0.1, -0.05) is 6.07 Å². The van der Waals surface area contributed by atoms with Crippen LogP contribution in [-0.4, -0.2) is 142 Å². The highest BCUT2D eigenvalue weighted by Gasteiger charge is 2.53. The van der Waals surface area contributed by atoms with Gasteiger partial charge in [0, 0.05) is 23.8 Å². The zero-order chi connectivity index (χ0) is 40.6. The molecule has 0 amide bonds. The normalized spacial score (nSPS) is 28.0. The summed E-state index contributed by atoms with van der Waals surface area (Å²) in [6, 6.07) is 8.60. The van der Waals surface area contributed by atoms with Crippen molar-refractivity contribution in [1.29, 1.82) is 0 Å². The molecule has 1 aromatic heterocycles. The molecule has 0 aliphatic carbocycles. The monoisotopic (exact) mass is 788 g/mol. The number of benzene rings is 3. The van der Waals surface area contributed by atoms with Crippen molar-refractivity contribution in [3.8, 4) is 51.6 Å². The van der Waals surface area contributed by atoms with E-state index < -0.39 is 137 Å². The largest absolute Gasteiger partial charge is 0.508 e. The Labute approximate surface area is 313 Å². The number of rotatable bonds is 10. The third kappa shape index (κ3) is 7.86. The van der Waals surface area contributed by atoms with Crippen molar-refractivity contribution in [2.24, 2.45) is 0 Å². The Kier molecular flexibility index (Phi) is 11.6. The van der Waals surface area contributed by atoms with Crippen LogP contribution in [0, 0.1) is 0 Å². The first-order chi connectivity index (χ1) is 26.6. The summed E-state index contributed by atoms with van der Waals surface area (Å²) in [4.78, 5) is 26.9. The highest BCUT2D eigenvalue weighted by molar-refractivity contribution is 5.89. The third-order valence-electron chi connectivity index (χ3n) is 8.99. The second kappa shape index (κ2) is 16.2. The highest BCUT2D eigenvalue weighted by Crippen LogP contribution is 2.40. The van der Waals surface area contributed by atoms with Crippen LogP contribution < -0.4 is 10.2 Å². The van der Waals surface area contributed by atoms with Gasteiger partial charge in [0.1, 0.15) is 59.1 Å². The molecule has 0 bridgehead atoms. The maximum Gasteiger partial charge on any atom is 0.331 e. The molecule has 20 heteroatoms. The minimum atomic E-state index is -2.09. The van der Waals surface area contributed by atoms with Gasteiger partial charge in [0.15, 0.2) is 47.3 Å². The van der Waals surface area contributed by atoms with Crippen LogP contribution in [0.15, 0.2) is 63.8 Å². The quantitative estimate of drug-likeness (QED) is 0.0519. The van der Waals surface area contributed by atoms with Crippen LogP contribution in [0.2, 0.25) is 0 Å². The fourth-order valence-electron chi connectivity index (χ4n) is 6.07. The fraction of sp³-hybridized carbons (Fsp3) is 0.333. The van der Waals surface area contributed by atoms with Gasteiger partial charge in [0.05, 0.1) is 13.2 Å². The second-order valence-electron chi connectivity index (χ2n) is 12.7. The van der Waals surface area contributed by atoms with Gasteiger partial charge in [-0.3, -0.25) is 4.79 Å². The summed E-state index contributed by atoms with van der Waals surface area (Å²) in [5, 5.41) is 123. The van der Waals surface area contributed by atoms with Crippen molar-refractivity contribution in [3.05, 3.63) is 70.4 Å². The van der Waals surface area contributed by atoms with Crippen molar-refractivity contribution in [2.75, 3.05) is 13.2 Å². The number of hydrogen-bond acceptors (Lipinski definition) is 20. The van der Waals surface area contributed by atoms with Crippen LogP contribution in [0.25, 0.3) is 28.4 Å². The van der Waals surface area contributed by atoms with E-state index >= 15 is 0 Å². The number of phenolic OH excluding ortho intramolecular Hbond substituents is 6. The van der Waals surface area contributed by atoms with Crippen LogP contribution in [0.4, 0.5) is 0 Å². The Bertz CT molecular complexity index is 2170. The van der Waals surface area contributed by atoms with E-state index in [1.54, 1.807) is 0 Å². The number of carbonyl (C=O) groups is 1. The minimum Gasteiger partial charge on any atom is -0.508 e. The summed E-state index contributed by atoms with van der Waals surface area (Å²) in [6.07, 6.45) is -17.2. The summed E-state index contributed by atoms with van der Waals surface area (Å²) in [5.41, 5.74) is -1.39. The van der Waals surface area contributed by atoms with Gasteiger partial charge < -0.3 is 89.4 Å².